The third-order valence-electron chi connectivity index (χ3n) is 9.36. The van der Waals surface area contributed by atoms with Gasteiger partial charge in [0.05, 0.1) is 6.10 Å². The summed E-state index contributed by atoms with van der Waals surface area (Å²) in [5.74, 6) is 1.05. The quantitative estimate of drug-likeness (QED) is 0.0905. The maximum absolute atomic E-state index is 11.2. The number of benzene rings is 1. The van der Waals surface area contributed by atoms with Crippen LogP contribution < -0.4 is 29.6 Å². The van der Waals surface area contributed by atoms with Gasteiger partial charge in [-0.2, -0.15) is 0 Å². The first-order chi connectivity index (χ1) is 18.1. The second kappa shape index (κ2) is 14.3. The summed E-state index contributed by atoms with van der Waals surface area (Å²) >= 11 is 0. The number of hydrogen-bond donors (Lipinski definition) is 3. The van der Waals surface area contributed by atoms with E-state index in [1.54, 1.807) is 13.0 Å². The van der Waals surface area contributed by atoms with Crippen LogP contribution in [-0.4, -0.2) is 34.4 Å². The summed E-state index contributed by atoms with van der Waals surface area (Å²) in [6, 6.07) is 4.31. The topological polar surface area (TPSA) is 127 Å². The summed E-state index contributed by atoms with van der Waals surface area (Å²) < 4.78 is 38.1. The van der Waals surface area contributed by atoms with Crippen molar-refractivity contribution in [3.05, 3.63) is 58.9 Å². The first-order valence-corrected chi connectivity index (χ1v) is 15.3. The molecule has 2 aliphatic carbocycles. The van der Waals surface area contributed by atoms with E-state index in [4.69, 9.17) is 0 Å². The zero-order valence-electron chi connectivity index (χ0n) is 24.9. The van der Waals surface area contributed by atoms with Crippen LogP contribution in [0.25, 0.3) is 0 Å². The number of fused-ring (bicyclic) bond motifs is 1. The van der Waals surface area contributed by atoms with Gasteiger partial charge in [0, 0.05) is 5.56 Å². The van der Waals surface area contributed by atoms with E-state index < -0.39 is 16.5 Å². The van der Waals surface area contributed by atoms with Crippen molar-refractivity contribution in [2.45, 2.75) is 98.5 Å². The Morgan fingerprint density at radius 1 is 1.20 bits per heavy atom. The molecule has 0 saturated heterocycles. The van der Waals surface area contributed by atoms with Crippen molar-refractivity contribution < 1.29 is 62.0 Å². The maximum atomic E-state index is 11.2. The van der Waals surface area contributed by atoms with Crippen LogP contribution in [0.2, 0.25) is 0 Å². The first-order valence-electron chi connectivity index (χ1n) is 14.0. The molecule has 0 aliphatic heterocycles. The SMILES string of the molecule is CC1=CCC2C(C)(C)CCC[C@]2(C)[C@H]1CC/C(=C\OS(=O)(=O)[O-])CCC(O)/C(C)=C/Cc1cc(O)ccc1O.[Na+]. The second-order valence-electron chi connectivity index (χ2n) is 12.5. The van der Waals surface area contributed by atoms with E-state index in [1.807, 2.05) is 0 Å². The van der Waals surface area contributed by atoms with Crippen molar-refractivity contribution in [1.82, 2.24) is 0 Å². The summed E-state index contributed by atoms with van der Waals surface area (Å²) in [6.45, 7) is 11.1. The number of aliphatic hydroxyl groups excluding tert-OH is 1. The van der Waals surface area contributed by atoms with Gasteiger partial charge >= 0.3 is 29.6 Å². The predicted octanol–water partition coefficient (Wildman–Crippen LogP) is 3.67. The summed E-state index contributed by atoms with van der Waals surface area (Å²) in [5, 5.41) is 30.4. The molecule has 0 radical (unpaired) electrons. The number of aromatic hydroxyl groups is 2. The number of phenols is 2. The van der Waals surface area contributed by atoms with Crippen molar-refractivity contribution in [2.75, 3.05) is 0 Å². The van der Waals surface area contributed by atoms with Gasteiger partial charge in [0.1, 0.15) is 17.8 Å². The molecule has 2 unspecified atom stereocenters. The zero-order chi connectivity index (χ0) is 29.0. The number of allylic oxidation sites excluding steroid dienone is 4. The van der Waals surface area contributed by atoms with Crippen molar-refractivity contribution in [1.29, 1.82) is 0 Å². The van der Waals surface area contributed by atoms with Gasteiger partial charge < -0.3 is 24.1 Å². The van der Waals surface area contributed by atoms with Crippen molar-refractivity contribution in [3.63, 3.8) is 0 Å². The van der Waals surface area contributed by atoms with E-state index in [2.05, 4.69) is 38.0 Å². The van der Waals surface area contributed by atoms with Crippen LogP contribution in [-0.2, 0) is 21.0 Å². The molecule has 1 saturated carbocycles. The molecular formula is C31H45NaO7S. The fourth-order valence-corrected chi connectivity index (χ4v) is 7.34. The molecule has 1 aromatic rings. The molecule has 40 heavy (non-hydrogen) atoms. The number of hydrogen-bond acceptors (Lipinski definition) is 7. The monoisotopic (exact) mass is 584 g/mol. The minimum atomic E-state index is -4.88. The van der Waals surface area contributed by atoms with Gasteiger partial charge in [-0.25, -0.2) is 8.42 Å². The number of rotatable bonds is 11. The Kier molecular flexibility index (Phi) is 12.4. The molecule has 9 heteroatoms. The Morgan fingerprint density at radius 2 is 1.90 bits per heavy atom. The van der Waals surface area contributed by atoms with E-state index in [0.717, 1.165) is 19.1 Å². The molecule has 0 bridgehead atoms. The Bertz CT molecular complexity index is 1220. The minimum absolute atomic E-state index is 0. The molecule has 0 amide bonds. The zero-order valence-corrected chi connectivity index (χ0v) is 27.8. The molecule has 1 fully saturated rings. The molecule has 7 nitrogen and oxygen atoms in total. The smallest absolute Gasteiger partial charge is 0.716 e. The van der Waals surface area contributed by atoms with Crippen LogP contribution >= 0.6 is 0 Å². The van der Waals surface area contributed by atoms with E-state index >= 15 is 0 Å². The fraction of sp³-hybridized carbons (Fsp3) is 0.613. The van der Waals surface area contributed by atoms with Gasteiger partial charge in [-0.15, -0.1) is 0 Å². The minimum Gasteiger partial charge on any atom is -0.716 e. The molecule has 2 aliphatic rings. The largest absolute Gasteiger partial charge is 1.00 e. The molecule has 0 spiro atoms. The molecule has 3 rings (SSSR count). The van der Waals surface area contributed by atoms with E-state index in [0.29, 0.717) is 54.2 Å². The van der Waals surface area contributed by atoms with Crippen molar-refractivity contribution in [3.8, 4) is 11.5 Å². The first kappa shape index (κ1) is 34.9. The number of aliphatic hydroxyl groups is 1. The molecular weight excluding hydrogens is 539 g/mol. The van der Waals surface area contributed by atoms with Crippen LogP contribution in [0.5, 0.6) is 11.5 Å². The summed E-state index contributed by atoms with van der Waals surface area (Å²) in [5.41, 5.74) is 3.72. The third kappa shape index (κ3) is 9.10. The molecule has 3 N–H and O–H groups in total. The van der Waals surface area contributed by atoms with E-state index in [1.165, 1.54) is 43.0 Å². The van der Waals surface area contributed by atoms with Crippen molar-refractivity contribution >= 4 is 10.4 Å². The van der Waals surface area contributed by atoms with Gasteiger partial charge in [0.25, 0.3) is 10.4 Å². The number of phenolic OH excluding ortho intramolecular Hbond substituents is 2. The van der Waals surface area contributed by atoms with Gasteiger partial charge in [-0.1, -0.05) is 44.9 Å². The average molecular weight is 585 g/mol. The molecule has 0 heterocycles. The van der Waals surface area contributed by atoms with Crippen LogP contribution in [0.4, 0.5) is 0 Å². The van der Waals surface area contributed by atoms with Crippen molar-refractivity contribution in [2.24, 2.45) is 22.7 Å². The Balaban J connectivity index is 0.00000560. The van der Waals surface area contributed by atoms with Crippen LogP contribution in [0.1, 0.15) is 91.5 Å². The summed E-state index contributed by atoms with van der Waals surface area (Å²) in [4.78, 5) is 0. The predicted molar refractivity (Wildman–Crippen MR) is 152 cm³/mol. The van der Waals surface area contributed by atoms with Gasteiger partial charge in [0.2, 0.25) is 0 Å². The van der Waals surface area contributed by atoms with E-state index in [9.17, 15) is 28.3 Å². The van der Waals surface area contributed by atoms with Crippen LogP contribution in [0.3, 0.4) is 0 Å². The second-order valence-corrected chi connectivity index (χ2v) is 13.5. The molecule has 4 atom stereocenters. The average Bonchev–Trinajstić information content (AvgIpc) is 2.83. The fourth-order valence-electron chi connectivity index (χ4n) is 7.09. The normalized spacial score (nSPS) is 25.8. The third-order valence-corrected chi connectivity index (χ3v) is 9.69. The Hall–Kier alpha value is -1.29. The van der Waals surface area contributed by atoms with Crippen LogP contribution in [0, 0.1) is 22.7 Å². The molecule has 218 valence electrons. The van der Waals surface area contributed by atoms with Gasteiger partial charge in [-0.05, 0) is 117 Å². The summed E-state index contributed by atoms with van der Waals surface area (Å²) in [6.07, 6.45) is 11.5. The van der Waals surface area contributed by atoms with Gasteiger partial charge in [0.15, 0.2) is 0 Å². The maximum Gasteiger partial charge on any atom is 1.00 e. The van der Waals surface area contributed by atoms with Gasteiger partial charge in [-0.3, -0.25) is 0 Å². The van der Waals surface area contributed by atoms with Crippen LogP contribution in [0.15, 0.2) is 53.3 Å². The van der Waals surface area contributed by atoms with E-state index in [-0.39, 0.29) is 51.9 Å². The molecule has 0 aromatic heterocycles. The Labute approximate surface area is 262 Å². The molecule has 1 aromatic carbocycles. The Morgan fingerprint density at radius 3 is 2.58 bits per heavy atom. The standard InChI is InChI=1S/C31H46O7S.Na/c1-21-8-16-29-30(3,4)17-6-18-31(29,5)26(21)13-9-23(20-38-39(35,36)37)10-14-27(33)22(2)7-11-24-19-25(32)12-15-28(24)34;/h7-8,12,15,19-20,26-27,29,32-34H,6,9-11,13-14,16-18H2,1-5H3,(H,35,36,37);/q;+1/p-1/b22-7+,23-20+;/t26-,27?,29?,31+;/m0./s1. The summed E-state index contributed by atoms with van der Waals surface area (Å²) in [7, 11) is -4.88.